The topological polar surface area (TPSA) is 63.6 Å². The molecule has 5 heteroatoms. The molecule has 0 fully saturated rings. The van der Waals surface area contributed by atoms with Gasteiger partial charge in [0, 0.05) is 5.92 Å². The second kappa shape index (κ2) is 5.13. The van der Waals surface area contributed by atoms with Crippen molar-refractivity contribution in [3.8, 4) is 0 Å². The summed E-state index contributed by atoms with van der Waals surface area (Å²) in [6.07, 6.45) is 0. The summed E-state index contributed by atoms with van der Waals surface area (Å²) in [5.74, 6) is -1.52. The van der Waals surface area contributed by atoms with Crippen molar-refractivity contribution in [2.75, 3.05) is 7.11 Å². The maximum absolute atomic E-state index is 12.6. The second-order valence-corrected chi connectivity index (χ2v) is 11.8. The molecule has 0 saturated carbocycles. The molecular formula is C13H26O4Si. The van der Waals surface area contributed by atoms with Gasteiger partial charge in [-0.25, -0.2) is 4.79 Å². The van der Waals surface area contributed by atoms with E-state index < -0.39 is 25.6 Å². The molecule has 4 nitrogen and oxygen atoms in total. The van der Waals surface area contributed by atoms with Crippen LogP contribution in [0.5, 0.6) is 0 Å². The number of carbonyl (C=O) groups excluding carboxylic acids is 2. The molecule has 0 aliphatic rings. The number of ether oxygens (including phenoxy) is 1. The standard InChI is InChI=1S/C13H26O4Si/c1-9(13(5,16)11(15)17-6)10(14)18(7,8)12(2,3)4/h9,16H,1-8H3/t9-,13+/m1/s1. The van der Waals surface area contributed by atoms with E-state index in [-0.39, 0.29) is 10.4 Å². The number of carbonyl (C=O) groups is 2. The van der Waals surface area contributed by atoms with Gasteiger partial charge in [-0.2, -0.15) is 0 Å². The lowest BCUT2D eigenvalue weighted by molar-refractivity contribution is -0.167. The van der Waals surface area contributed by atoms with Gasteiger partial charge in [-0.15, -0.1) is 0 Å². The van der Waals surface area contributed by atoms with Crippen LogP contribution < -0.4 is 0 Å². The summed E-state index contributed by atoms with van der Waals surface area (Å²) < 4.78 is 4.56. The first-order valence-corrected chi connectivity index (χ1v) is 9.15. The van der Waals surface area contributed by atoms with E-state index in [1.165, 1.54) is 14.0 Å². The fraction of sp³-hybridized carbons (Fsp3) is 0.846. The molecule has 0 saturated heterocycles. The molecule has 18 heavy (non-hydrogen) atoms. The number of hydrogen-bond donors (Lipinski definition) is 1. The molecule has 0 aromatic heterocycles. The second-order valence-electron chi connectivity index (χ2n) is 6.60. The van der Waals surface area contributed by atoms with E-state index in [2.05, 4.69) is 4.74 Å². The van der Waals surface area contributed by atoms with Crippen LogP contribution in [-0.2, 0) is 14.3 Å². The van der Waals surface area contributed by atoms with Gasteiger partial charge in [0.2, 0.25) is 0 Å². The first-order valence-electron chi connectivity index (χ1n) is 6.15. The Labute approximate surface area is 111 Å². The van der Waals surface area contributed by atoms with Crippen molar-refractivity contribution in [2.24, 2.45) is 5.92 Å². The van der Waals surface area contributed by atoms with E-state index in [9.17, 15) is 14.7 Å². The van der Waals surface area contributed by atoms with E-state index >= 15 is 0 Å². The highest BCUT2D eigenvalue weighted by Gasteiger charge is 2.50. The largest absolute Gasteiger partial charge is 0.467 e. The lowest BCUT2D eigenvalue weighted by Crippen LogP contribution is -2.56. The zero-order valence-electron chi connectivity index (χ0n) is 12.7. The van der Waals surface area contributed by atoms with E-state index in [0.29, 0.717) is 0 Å². The Morgan fingerprint density at radius 2 is 1.56 bits per heavy atom. The summed E-state index contributed by atoms with van der Waals surface area (Å²) >= 11 is 0. The van der Waals surface area contributed by atoms with Gasteiger partial charge in [-0.1, -0.05) is 40.8 Å². The quantitative estimate of drug-likeness (QED) is 0.630. The lowest BCUT2D eigenvalue weighted by atomic mass is 9.92. The maximum Gasteiger partial charge on any atom is 0.338 e. The first kappa shape index (κ1) is 17.3. The van der Waals surface area contributed by atoms with Crippen molar-refractivity contribution < 1.29 is 19.4 Å². The number of esters is 1. The Bertz CT molecular complexity index is 339. The summed E-state index contributed by atoms with van der Waals surface area (Å²) in [6, 6.07) is 0. The number of aliphatic hydroxyl groups is 1. The van der Waals surface area contributed by atoms with Gasteiger partial charge >= 0.3 is 5.97 Å². The number of hydrogen-bond acceptors (Lipinski definition) is 4. The van der Waals surface area contributed by atoms with Crippen LogP contribution in [0.1, 0.15) is 34.6 Å². The Kier molecular flexibility index (Phi) is 4.94. The highest BCUT2D eigenvalue weighted by atomic mass is 28.3. The van der Waals surface area contributed by atoms with Gasteiger partial charge in [-0.3, -0.25) is 0 Å². The van der Waals surface area contributed by atoms with Crippen LogP contribution in [0.2, 0.25) is 18.1 Å². The van der Waals surface area contributed by atoms with Crippen molar-refractivity contribution in [3.05, 3.63) is 0 Å². The predicted octanol–water partition coefficient (Wildman–Crippen LogP) is 2.16. The summed E-state index contributed by atoms with van der Waals surface area (Å²) in [4.78, 5) is 24.1. The van der Waals surface area contributed by atoms with E-state index in [4.69, 9.17) is 0 Å². The molecule has 0 aromatic rings. The molecule has 0 aliphatic carbocycles. The molecule has 2 atom stereocenters. The maximum atomic E-state index is 12.6. The van der Waals surface area contributed by atoms with Crippen LogP contribution in [0, 0.1) is 5.92 Å². The zero-order chi connectivity index (χ0) is 14.9. The molecule has 0 heterocycles. The van der Waals surface area contributed by atoms with Gasteiger partial charge in [0.1, 0.15) is 13.5 Å². The van der Waals surface area contributed by atoms with Crippen LogP contribution >= 0.6 is 0 Å². The van der Waals surface area contributed by atoms with E-state index in [1.54, 1.807) is 6.92 Å². The van der Waals surface area contributed by atoms with Gasteiger partial charge in [0.15, 0.2) is 5.60 Å². The Morgan fingerprint density at radius 1 is 1.17 bits per heavy atom. The van der Waals surface area contributed by atoms with E-state index in [1.807, 2.05) is 33.9 Å². The fourth-order valence-corrected chi connectivity index (χ4v) is 3.65. The monoisotopic (exact) mass is 274 g/mol. The summed E-state index contributed by atoms with van der Waals surface area (Å²) in [5.41, 5.74) is -1.76. The van der Waals surface area contributed by atoms with Crippen LogP contribution in [0.25, 0.3) is 0 Å². The van der Waals surface area contributed by atoms with Gasteiger partial charge < -0.3 is 14.6 Å². The Hall–Kier alpha value is -0.683. The normalized spacial score (nSPS) is 17.8. The smallest absolute Gasteiger partial charge is 0.338 e. The molecule has 0 spiro atoms. The molecule has 0 radical (unpaired) electrons. The number of methoxy groups -OCH3 is 1. The SMILES string of the molecule is COC(=O)[C@@](C)(O)[C@H](C)C(=O)[Si](C)(C)C(C)(C)C. The molecular weight excluding hydrogens is 248 g/mol. The summed E-state index contributed by atoms with van der Waals surface area (Å²) in [7, 11) is -1.04. The Morgan fingerprint density at radius 3 is 1.83 bits per heavy atom. The van der Waals surface area contributed by atoms with Crippen molar-refractivity contribution in [1.82, 2.24) is 0 Å². The third-order valence-electron chi connectivity index (χ3n) is 4.33. The minimum Gasteiger partial charge on any atom is -0.467 e. The fourth-order valence-electron chi connectivity index (χ4n) is 1.55. The Balaban J connectivity index is 5.31. The molecule has 0 aromatic carbocycles. The first-order chi connectivity index (χ1) is 7.80. The van der Waals surface area contributed by atoms with Gasteiger partial charge in [0.25, 0.3) is 0 Å². The number of rotatable bonds is 4. The third-order valence-corrected chi connectivity index (χ3v) is 9.74. The predicted molar refractivity (Wildman–Crippen MR) is 74.0 cm³/mol. The molecule has 1 N–H and O–H groups in total. The van der Waals surface area contributed by atoms with Gasteiger partial charge in [-0.05, 0) is 12.0 Å². The van der Waals surface area contributed by atoms with Crippen LogP contribution in [0.3, 0.4) is 0 Å². The zero-order valence-corrected chi connectivity index (χ0v) is 13.7. The van der Waals surface area contributed by atoms with Crippen LogP contribution in [0.15, 0.2) is 0 Å². The highest BCUT2D eigenvalue weighted by molar-refractivity contribution is 7.06. The molecule has 106 valence electrons. The van der Waals surface area contributed by atoms with Crippen molar-refractivity contribution in [1.29, 1.82) is 0 Å². The minimum absolute atomic E-state index is 0.00889. The summed E-state index contributed by atoms with van der Waals surface area (Å²) in [5, 5.41) is 10.0. The summed E-state index contributed by atoms with van der Waals surface area (Å²) in [6.45, 7) is 13.0. The average Bonchev–Trinajstić information content (AvgIpc) is 2.23. The highest BCUT2D eigenvalue weighted by Crippen LogP contribution is 2.39. The molecule has 0 unspecified atom stereocenters. The molecule has 0 bridgehead atoms. The van der Waals surface area contributed by atoms with Crippen LogP contribution in [-0.4, -0.2) is 37.3 Å². The van der Waals surface area contributed by atoms with Crippen molar-refractivity contribution in [2.45, 2.75) is 58.4 Å². The van der Waals surface area contributed by atoms with Crippen molar-refractivity contribution in [3.63, 3.8) is 0 Å². The van der Waals surface area contributed by atoms with Crippen LogP contribution in [0.4, 0.5) is 0 Å². The molecule has 0 rings (SSSR count). The van der Waals surface area contributed by atoms with E-state index in [0.717, 1.165) is 0 Å². The average molecular weight is 274 g/mol. The van der Waals surface area contributed by atoms with Crippen molar-refractivity contribution >= 4 is 19.4 Å². The third kappa shape index (κ3) is 3.01. The molecule has 0 aliphatic heterocycles. The molecule has 0 amide bonds. The van der Waals surface area contributed by atoms with Gasteiger partial charge in [0.05, 0.1) is 7.11 Å². The minimum atomic E-state index is -2.25. The lowest BCUT2D eigenvalue weighted by Gasteiger charge is -2.39.